The molecule has 0 spiro atoms. The van der Waals surface area contributed by atoms with Crippen LogP contribution < -0.4 is 9.64 Å². The number of methoxy groups -OCH3 is 1. The number of alkyl halides is 3. The minimum atomic E-state index is -4.66. The molecule has 0 atom stereocenters. The molecule has 0 radical (unpaired) electrons. The van der Waals surface area contributed by atoms with Crippen molar-refractivity contribution in [2.24, 2.45) is 0 Å². The first-order valence-corrected chi connectivity index (χ1v) is 11.9. The molecule has 0 unspecified atom stereocenters. The number of benzene rings is 1. The van der Waals surface area contributed by atoms with Crippen molar-refractivity contribution < 1.29 is 22.7 Å². The van der Waals surface area contributed by atoms with Crippen LogP contribution in [0.15, 0.2) is 40.9 Å². The number of hydrogen-bond acceptors (Lipinski definition) is 4. The van der Waals surface area contributed by atoms with Gasteiger partial charge in [0.25, 0.3) is 0 Å². The van der Waals surface area contributed by atoms with Gasteiger partial charge in [0, 0.05) is 37.9 Å². The third kappa shape index (κ3) is 5.12. The summed E-state index contributed by atoms with van der Waals surface area (Å²) in [6.45, 7) is 1.35. The van der Waals surface area contributed by atoms with Crippen LogP contribution in [0.2, 0.25) is 5.02 Å². The van der Waals surface area contributed by atoms with Crippen LogP contribution in [-0.2, 0) is 17.5 Å². The number of aromatic nitrogens is 2. The van der Waals surface area contributed by atoms with Gasteiger partial charge in [-0.05, 0) is 46.5 Å². The monoisotopic (exact) mass is 558 g/mol. The third-order valence-electron chi connectivity index (χ3n) is 5.85. The lowest BCUT2D eigenvalue weighted by Gasteiger charge is -2.36. The zero-order chi connectivity index (χ0) is 24.5. The molecular weight excluding hydrogens is 537 g/mol. The van der Waals surface area contributed by atoms with Crippen molar-refractivity contribution in [1.29, 1.82) is 0 Å². The Kier molecular flexibility index (Phi) is 7.28. The van der Waals surface area contributed by atoms with Crippen LogP contribution in [0.4, 0.5) is 18.9 Å². The topological polar surface area (TPSA) is 50.6 Å². The Labute approximate surface area is 208 Å². The van der Waals surface area contributed by atoms with Crippen LogP contribution >= 0.6 is 27.5 Å². The van der Waals surface area contributed by atoms with Gasteiger partial charge in [-0.2, -0.15) is 18.3 Å². The smallest absolute Gasteiger partial charge is 0.434 e. The minimum absolute atomic E-state index is 0.146. The second-order valence-electron chi connectivity index (χ2n) is 7.99. The lowest BCUT2D eigenvalue weighted by molar-refractivity contribution is -0.146. The number of allylic oxidation sites excluding steroid dienone is 4. The van der Waals surface area contributed by atoms with Gasteiger partial charge in [0.15, 0.2) is 5.69 Å². The molecular formula is C23H23BrClF3N4O2. The highest BCUT2D eigenvalue weighted by molar-refractivity contribution is 9.10. The number of rotatable bonds is 5. The molecule has 1 aromatic heterocycles. The summed E-state index contributed by atoms with van der Waals surface area (Å²) in [5, 5.41) is 4.67. The first-order valence-electron chi connectivity index (χ1n) is 10.8. The van der Waals surface area contributed by atoms with Crippen molar-refractivity contribution in [3.8, 4) is 5.75 Å². The fraction of sp³-hybridized carbons (Fsp3) is 0.391. The van der Waals surface area contributed by atoms with E-state index in [0.29, 0.717) is 42.5 Å². The molecule has 2 aromatic rings. The molecule has 1 fully saturated rings. The average Bonchev–Trinajstić information content (AvgIpc) is 3.16. The van der Waals surface area contributed by atoms with E-state index in [1.165, 1.54) is 7.11 Å². The summed E-state index contributed by atoms with van der Waals surface area (Å²) < 4.78 is 47.4. The first kappa shape index (κ1) is 24.7. The van der Waals surface area contributed by atoms with Crippen LogP contribution in [0.1, 0.15) is 24.2 Å². The molecule has 2 heterocycles. The lowest BCUT2D eigenvalue weighted by atomic mass is 10.0. The molecule has 1 aromatic carbocycles. The van der Waals surface area contributed by atoms with Gasteiger partial charge in [0.1, 0.15) is 18.0 Å². The summed E-state index contributed by atoms with van der Waals surface area (Å²) in [6.07, 6.45) is 2.42. The van der Waals surface area contributed by atoms with Crippen molar-refractivity contribution in [2.75, 3.05) is 38.2 Å². The summed E-state index contributed by atoms with van der Waals surface area (Å²) >= 11 is 9.17. The molecule has 1 aliphatic carbocycles. The molecule has 11 heteroatoms. The predicted molar refractivity (Wildman–Crippen MR) is 128 cm³/mol. The van der Waals surface area contributed by atoms with Gasteiger partial charge in [-0.1, -0.05) is 29.8 Å². The van der Waals surface area contributed by atoms with E-state index in [-0.39, 0.29) is 10.2 Å². The van der Waals surface area contributed by atoms with Crippen LogP contribution in [-0.4, -0.2) is 53.9 Å². The minimum Gasteiger partial charge on any atom is -0.495 e. The quantitative estimate of drug-likeness (QED) is 0.492. The third-order valence-corrected chi connectivity index (χ3v) is 6.91. The summed E-state index contributed by atoms with van der Waals surface area (Å²) in [6, 6.07) is 5.44. The number of amides is 1. The molecule has 34 heavy (non-hydrogen) atoms. The lowest BCUT2D eigenvalue weighted by Crippen LogP contribution is -2.49. The average molecular weight is 560 g/mol. The fourth-order valence-corrected chi connectivity index (χ4v) is 5.02. The SMILES string of the molecule is COc1cc(N2CCN(C(=O)Cn3nc(C4=CCCC=C4)c(Br)c3C(F)(F)F)CC2)ccc1Cl. The Hall–Kier alpha value is -2.46. The Bertz CT molecular complexity index is 1140. The standard InChI is InChI=1S/C23H23BrClF3N4O2/c1-34-18-13-16(7-8-17(18)25)30-9-11-31(12-10-30)19(33)14-32-22(23(26,27)28)20(24)21(29-32)15-5-3-2-4-6-15/h3,5-8,13H,2,4,9-12,14H2,1H3. The molecule has 4 rings (SSSR count). The summed E-state index contributed by atoms with van der Waals surface area (Å²) in [5.41, 5.74) is 0.754. The van der Waals surface area contributed by atoms with E-state index in [2.05, 4.69) is 25.9 Å². The van der Waals surface area contributed by atoms with Crippen molar-refractivity contribution in [1.82, 2.24) is 14.7 Å². The van der Waals surface area contributed by atoms with E-state index in [9.17, 15) is 18.0 Å². The second kappa shape index (κ2) is 10.0. The summed E-state index contributed by atoms with van der Waals surface area (Å²) in [5.74, 6) is 0.147. The molecule has 0 bridgehead atoms. The van der Waals surface area contributed by atoms with Gasteiger partial charge in [-0.25, -0.2) is 4.68 Å². The highest BCUT2D eigenvalue weighted by Gasteiger charge is 2.40. The largest absolute Gasteiger partial charge is 0.495 e. The van der Waals surface area contributed by atoms with Gasteiger partial charge in [0.05, 0.1) is 16.6 Å². The highest BCUT2D eigenvalue weighted by Crippen LogP contribution is 2.39. The number of nitrogens with zero attached hydrogens (tertiary/aromatic N) is 4. The molecule has 1 aliphatic heterocycles. The predicted octanol–water partition coefficient (Wildman–Crippen LogP) is 5.41. The maximum atomic E-state index is 13.8. The van der Waals surface area contributed by atoms with Crippen molar-refractivity contribution >= 4 is 44.7 Å². The van der Waals surface area contributed by atoms with Crippen LogP contribution in [0.5, 0.6) is 5.75 Å². The maximum absolute atomic E-state index is 13.8. The Morgan fingerprint density at radius 1 is 1.21 bits per heavy atom. The van der Waals surface area contributed by atoms with Crippen molar-refractivity contribution in [3.63, 3.8) is 0 Å². The van der Waals surface area contributed by atoms with Gasteiger partial charge < -0.3 is 14.5 Å². The second-order valence-corrected chi connectivity index (χ2v) is 9.19. The number of anilines is 1. The maximum Gasteiger partial charge on any atom is 0.434 e. The van der Waals surface area contributed by atoms with Gasteiger partial charge >= 0.3 is 6.18 Å². The Morgan fingerprint density at radius 2 is 1.94 bits per heavy atom. The molecule has 182 valence electrons. The molecule has 1 saturated heterocycles. The number of piperazine rings is 1. The van der Waals surface area contributed by atoms with Crippen LogP contribution in [0.3, 0.4) is 0 Å². The van der Waals surface area contributed by atoms with Crippen LogP contribution in [0, 0.1) is 0 Å². The van der Waals surface area contributed by atoms with Crippen LogP contribution in [0.25, 0.3) is 5.57 Å². The van der Waals surface area contributed by atoms with Gasteiger partial charge in [-0.15, -0.1) is 0 Å². The molecule has 6 nitrogen and oxygen atoms in total. The van der Waals surface area contributed by atoms with E-state index in [1.807, 2.05) is 24.3 Å². The zero-order valence-corrected chi connectivity index (χ0v) is 20.8. The molecule has 0 N–H and O–H groups in total. The van der Waals surface area contributed by atoms with E-state index < -0.39 is 24.3 Å². The molecule has 0 saturated carbocycles. The normalized spacial score (nSPS) is 16.6. The number of hydrogen-bond donors (Lipinski definition) is 0. The van der Waals surface area contributed by atoms with E-state index >= 15 is 0 Å². The summed E-state index contributed by atoms with van der Waals surface area (Å²) in [7, 11) is 1.54. The van der Waals surface area contributed by atoms with Crippen molar-refractivity contribution in [2.45, 2.75) is 25.6 Å². The van der Waals surface area contributed by atoms with Gasteiger partial charge in [-0.3, -0.25) is 4.79 Å². The first-order chi connectivity index (χ1) is 16.2. The number of halogens is 5. The molecule has 2 aliphatic rings. The highest BCUT2D eigenvalue weighted by atomic mass is 79.9. The van der Waals surface area contributed by atoms with E-state index in [4.69, 9.17) is 16.3 Å². The number of carbonyl (C=O) groups is 1. The van der Waals surface area contributed by atoms with E-state index in [0.717, 1.165) is 23.2 Å². The number of carbonyl (C=O) groups excluding carboxylic acids is 1. The van der Waals surface area contributed by atoms with Gasteiger partial charge in [0.2, 0.25) is 5.91 Å². The zero-order valence-electron chi connectivity index (χ0n) is 18.4. The van der Waals surface area contributed by atoms with Crippen molar-refractivity contribution in [3.05, 3.63) is 57.3 Å². The Morgan fingerprint density at radius 3 is 2.56 bits per heavy atom. The number of ether oxygens (including phenoxy) is 1. The summed E-state index contributed by atoms with van der Waals surface area (Å²) in [4.78, 5) is 16.6. The van der Waals surface area contributed by atoms with E-state index in [1.54, 1.807) is 17.0 Å². The fourth-order valence-electron chi connectivity index (χ4n) is 4.09. The molecule has 1 amide bonds. The Balaban J connectivity index is 1.48.